The lowest BCUT2D eigenvalue weighted by Crippen LogP contribution is -2.64. The molecule has 1 fully saturated rings. The molecular formula is C22H35N3O3. The topological polar surface area (TPSA) is 96.6 Å². The first-order valence-electron chi connectivity index (χ1n) is 10.4. The van der Waals surface area contributed by atoms with Crippen LogP contribution in [0.3, 0.4) is 0 Å². The van der Waals surface area contributed by atoms with Gasteiger partial charge < -0.3 is 26.2 Å². The average molecular weight is 390 g/mol. The molecule has 4 atom stereocenters. The minimum atomic E-state index is -0.483. The fourth-order valence-electron chi connectivity index (χ4n) is 4.78. The van der Waals surface area contributed by atoms with Crippen LogP contribution in [-0.4, -0.2) is 35.9 Å². The molecule has 2 aliphatic rings. The first-order valence-corrected chi connectivity index (χ1v) is 10.4. The van der Waals surface area contributed by atoms with E-state index >= 15 is 0 Å². The van der Waals surface area contributed by atoms with Gasteiger partial charge in [0.25, 0.3) is 0 Å². The van der Waals surface area contributed by atoms with Crippen molar-refractivity contribution in [1.29, 1.82) is 0 Å². The quantitative estimate of drug-likeness (QED) is 0.581. The molecule has 0 heterocycles. The fraction of sp³-hybridized carbons (Fsp3) is 0.682. The molecule has 0 aliphatic heterocycles. The summed E-state index contributed by atoms with van der Waals surface area (Å²) in [6.45, 7) is 9.21. The molecule has 5 N–H and O–H groups in total. The number of alkyl carbamates (subject to hydrolysis) is 1. The van der Waals surface area contributed by atoms with Gasteiger partial charge in [-0.3, -0.25) is 0 Å². The first-order chi connectivity index (χ1) is 13.1. The van der Waals surface area contributed by atoms with E-state index in [0.29, 0.717) is 18.4 Å². The number of nitrogens with one attached hydrogen (secondary N) is 2. The second-order valence-electron chi connectivity index (χ2n) is 9.48. The summed E-state index contributed by atoms with van der Waals surface area (Å²) in [6, 6.07) is 5.81. The number of hydrogen-bond acceptors (Lipinski definition) is 5. The number of benzene rings is 1. The molecule has 1 amide bonds. The molecule has 1 aromatic carbocycles. The van der Waals surface area contributed by atoms with E-state index < -0.39 is 11.1 Å². The van der Waals surface area contributed by atoms with Crippen LogP contribution in [0.1, 0.15) is 58.1 Å². The van der Waals surface area contributed by atoms with E-state index in [1.165, 1.54) is 5.56 Å². The number of amides is 1. The number of fused-ring (bicyclic) bond motifs is 4. The number of phenols is 1. The van der Waals surface area contributed by atoms with Gasteiger partial charge in [0.05, 0.1) is 5.54 Å². The predicted octanol–water partition coefficient (Wildman–Crippen LogP) is 3.02. The van der Waals surface area contributed by atoms with Crippen LogP contribution < -0.4 is 16.4 Å². The maximum absolute atomic E-state index is 11.7. The number of carbonyl (C=O) groups is 1. The smallest absolute Gasteiger partial charge is 0.407 e. The molecule has 2 bridgehead atoms. The van der Waals surface area contributed by atoms with Crippen LogP contribution in [0.2, 0.25) is 0 Å². The van der Waals surface area contributed by atoms with Crippen molar-refractivity contribution < 1.29 is 14.6 Å². The Hall–Kier alpha value is -1.79. The van der Waals surface area contributed by atoms with Crippen molar-refractivity contribution in [3.05, 3.63) is 29.3 Å². The van der Waals surface area contributed by atoms with E-state index in [9.17, 15) is 9.90 Å². The largest absolute Gasteiger partial charge is 0.508 e. The third kappa shape index (κ3) is 4.44. The molecule has 156 valence electrons. The Morgan fingerprint density at radius 3 is 2.82 bits per heavy atom. The zero-order chi connectivity index (χ0) is 20.5. The van der Waals surface area contributed by atoms with Crippen molar-refractivity contribution >= 4 is 6.09 Å². The van der Waals surface area contributed by atoms with Crippen molar-refractivity contribution in [2.45, 2.75) is 70.6 Å². The van der Waals surface area contributed by atoms with Gasteiger partial charge >= 0.3 is 6.09 Å². The number of rotatable bonds is 5. The molecular weight excluding hydrogens is 354 g/mol. The highest BCUT2D eigenvalue weighted by atomic mass is 16.6. The molecule has 0 spiro atoms. The van der Waals surface area contributed by atoms with E-state index in [1.807, 2.05) is 32.9 Å². The molecule has 6 nitrogen and oxygen atoms in total. The van der Waals surface area contributed by atoms with Crippen LogP contribution in [0, 0.1) is 11.8 Å². The van der Waals surface area contributed by atoms with E-state index in [1.54, 1.807) is 6.07 Å². The highest BCUT2D eigenvalue weighted by Crippen LogP contribution is 2.48. The van der Waals surface area contributed by atoms with Crippen LogP contribution >= 0.6 is 0 Å². The fourth-order valence-corrected chi connectivity index (χ4v) is 4.78. The standard InChI is InChI=1S/C22H35N3O3/c1-14-8-9-22(23)18-13-16(26)7-6-15(18)12-17(14)19(22)24-10-5-11-25-20(27)28-21(2,3)4/h6-7,13-14,17,19,24,26H,5,8-12,23H2,1-4H3,(H,25,27)/t14?,17-,19+,22+/m0/s1. The molecule has 2 aliphatic carbocycles. The van der Waals surface area contributed by atoms with Crippen LogP contribution in [0.25, 0.3) is 0 Å². The molecule has 1 saturated carbocycles. The summed E-state index contributed by atoms with van der Waals surface area (Å²) in [6.07, 6.45) is 3.43. The Kier molecular flexibility index (Phi) is 5.92. The van der Waals surface area contributed by atoms with Crippen LogP contribution in [0.15, 0.2) is 18.2 Å². The molecule has 6 heteroatoms. The van der Waals surface area contributed by atoms with Crippen LogP contribution in [-0.2, 0) is 16.7 Å². The Labute approximate surface area is 168 Å². The summed E-state index contributed by atoms with van der Waals surface area (Å²) >= 11 is 0. The maximum Gasteiger partial charge on any atom is 0.407 e. The Morgan fingerprint density at radius 2 is 2.11 bits per heavy atom. The lowest BCUT2D eigenvalue weighted by molar-refractivity contribution is 0.0525. The Morgan fingerprint density at radius 1 is 1.36 bits per heavy atom. The van der Waals surface area contributed by atoms with Gasteiger partial charge in [0.2, 0.25) is 0 Å². The number of phenolic OH excluding ortho intramolecular Hbond substituents is 1. The number of nitrogens with two attached hydrogens (primary N) is 1. The molecule has 28 heavy (non-hydrogen) atoms. The van der Waals surface area contributed by atoms with E-state index in [-0.39, 0.29) is 17.9 Å². The van der Waals surface area contributed by atoms with Gasteiger partial charge in [0.1, 0.15) is 11.4 Å². The van der Waals surface area contributed by atoms with Gasteiger partial charge in [-0.2, -0.15) is 0 Å². The van der Waals surface area contributed by atoms with Gasteiger partial charge in [-0.1, -0.05) is 13.0 Å². The number of ether oxygens (including phenoxy) is 1. The summed E-state index contributed by atoms with van der Waals surface area (Å²) in [5, 5.41) is 16.5. The Balaban J connectivity index is 1.60. The van der Waals surface area contributed by atoms with Crippen molar-refractivity contribution in [1.82, 2.24) is 10.6 Å². The third-order valence-electron chi connectivity index (χ3n) is 6.16. The molecule has 0 saturated heterocycles. The predicted molar refractivity (Wildman–Crippen MR) is 110 cm³/mol. The zero-order valence-electron chi connectivity index (χ0n) is 17.5. The monoisotopic (exact) mass is 389 g/mol. The van der Waals surface area contributed by atoms with Crippen LogP contribution in [0.5, 0.6) is 5.75 Å². The first kappa shape index (κ1) is 20.9. The Bertz CT molecular complexity index is 715. The number of hydrogen-bond donors (Lipinski definition) is 4. The molecule has 3 rings (SSSR count). The number of aromatic hydroxyl groups is 1. The zero-order valence-corrected chi connectivity index (χ0v) is 17.5. The summed E-state index contributed by atoms with van der Waals surface area (Å²) in [5.41, 5.74) is 8.37. The third-order valence-corrected chi connectivity index (χ3v) is 6.16. The highest BCUT2D eigenvalue weighted by Gasteiger charge is 2.50. The van der Waals surface area contributed by atoms with E-state index in [2.05, 4.69) is 17.6 Å². The lowest BCUT2D eigenvalue weighted by atomic mass is 9.58. The maximum atomic E-state index is 11.7. The molecule has 0 radical (unpaired) electrons. The highest BCUT2D eigenvalue weighted by molar-refractivity contribution is 5.67. The van der Waals surface area contributed by atoms with E-state index in [0.717, 1.165) is 37.8 Å². The van der Waals surface area contributed by atoms with Gasteiger partial charge in [-0.15, -0.1) is 0 Å². The van der Waals surface area contributed by atoms with Gasteiger partial charge in [-0.25, -0.2) is 4.79 Å². The van der Waals surface area contributed by atoms with E-state index in [4.69, 9.17) is 10.5 Å². The SMILES string of the molecule is CC1CC[C@@]2(N)c3cc(O)ccc3C[C@@H]1[C@H]2NCCCNC(=O)OC(C)(C)C. The summed E-state index contributed by atoms with van der Waals surface area (Å²) < 4.78 is 5.26. The minimum Gasteiger partial charge on any atom is -0.508 e. The minimum absolute atomic E-state index is 0.173. The normalized spacial score (nSPS) is 29.1. The van der Waals surface area contributed by atoms with Crippen molar-refractivity contribution in [2.75, 3.05) is 13.1 Å². The summed E-state index contributed by atoms with van der Waals surface area (Å²) in [5.74, 6) is 1.37. The van der Waals surface area contributed by atoms with Gasteiger partial charge in [-0.05, 0) is 88.1 Å². The van der Waals surface area contributed by atoms with Crippen LogP contribution in [0.4, 0.5) is 4.79 Å². The molecule has 1 aromatic rings. The van der Waals surface area contributed by atoms with Gasteiger partial charge in [0, 0.05) is 12.6 Å². The second kappa shape index (κ2) is 7.91. The van der Waals surface area contributed by atoms with Gasteiger partial charge in [0.15, 0.2) is 0 Å². The molecule has 0 aromatic heterocycles. The number of carbonyl (C=O) groups excluding carboxylic acids is 1. The van der Waals surface area contributed by atoms with Crippen molar-refractivity contribution in [2.24, 2.45) is 17.6 Å². The van der Waals surface area contributed by atoms with Crippen molar-refractivity contribution in [3.63, 3.8) is 0 Å². The molecule has 1 unspecified atom stereocenters. The average Bonchev–Trinajstić information content (AvgIpc) is 2.59. The summed E-state index contributed by atoms with van der Waals surface area (Å²) in [7, 11) is 0. The lowest BCUT2D eigenvalue weighted by Gasteiger charge is -2.53. The summed E-state index contributed by atoms with van der Waals surface area (Å²) in [4.78, 5) is 11.7. The second-order valence-corrected chi connectivity index (χ2v) is 9.48. The van der Waals surface area contributed by atoms with Crippen molar-refractivity contribution in [3.8, 4) is 5.75 Å².